The van der Waals surface area contributed by atoms with E-state index in [1.54, 1.807) is 12.3 Å². The van der Waals surface area contributed by atoms with Crippen LogP contribution in [-0.2, 0) is 19.2 Å². The van der Waals surface area contributed by atoms with Crippen molar-refractivity contribution < 1.29 is 28.8 Å². The molecule has 2 atom stereocenters. The first-order chi connectivity index (χ1) is 16.2. The van der Waals surface area contributed by atoms with Crippen molar-refractivity contribution in [3.05, 3.63) is 22.3 Å². The number of likely N-dealkylation sites (N-methyl/N-ethyl adjacent to an activating group) is 1. The van der Waals surface area contributed by atoms with Crippen molar-refractivity contribution in [3.63, 3.8) is 0 Å². The maximum atomic E-state index is 13.0. The number of carboxylic acid groups (broad SMARTS) is 1. The molecule has 4 rings (SSSR count). The van der Waals surface area contributed by atoms with Crippen LogP contribution in [0.2, 0.25) is 0 Å². The molecule has 3 aliphatic heterocycles. The molecule has 11 nitrogen and oxygen atoms in total. The van der Waals surface area contributed by atoms with Crippen LogP contribution in [0.5, 0.6) is 0 Å². The van der Waals surface area contributed by atoms with Gasteiger partial charge in [0.15, 0.2) is 10.8 Å². The van der Waals surface area contributed by atoms with E-state index < -0.39 is 29.2 Å². The minimum absolute atomic E-state index is 0.0552. The van der Waals surface area contributed by atoms with E-state index in [0.717, 1.165) is 47.3 Å². The van der Waals surface area contributed by atoms with Gasteiger partial charge in [-0.25, -0.2) is 9.78 Å². The molecule has 1 aromatic heterocycles. The minimum Gasteiger partial charge on any atom is -0.477 e. The molecule has 0 saturated carbocycles. The van der Waals surface area contributed by atoms with Crippen molar-refractivity contribution in [2.45, 2.75) is 37.6 Å². The summed E-state index contributed by atoms with van der Waals surface area (Å²) >= 11 is 2.62. The number of aromatic nitrogens is 1. The molecule has 2 fully saturated rings. The van der Waals surface area contributed by atoms with Gasteiger partial charge in [-0.15, -0.1) is 23.1 Å². The molecule has 0 aromatic carbocycles. The molecule has 3 aliphatic rings. The number of fused-ring (bicyclic) bond motifs is 1. The van der Waals surface area contributed by atoms with E-state index in [1.807, 2.05) is 0 Å². The number of hydrogen-bond donors (Lipinski definition) is 3. The van der Waals surface area contributed by atoms with Gasteiger partial charge in [0.25, 0.3) is 11.8 Å². The predicted octanol–water partition coefficient (Wildman–Crippen LogP) is 0.835. The summed E-state index contributed by atoms with van der Waals surface area (Å²) in [5, 5.41) is 17.9. The van der Waals surface area contributed by atoms with Gasteiger partial charge in [-0.3, -0.25) is 14.5 Å². The average Bonchev–Trinajstić information content (AvgIpc) is 3.23. The molecule has 0 aliphatic carbocycles. The van der Waals surface area contributed by atoms with Gasteiger partial charge in [-0.05, 0) is 26.2 Å². The molecule has 13 heteroatoms. The van der Waals surface area contributed by atoms with Gasteiger partial charge in [0.1, 0.15) is 36.0 Å². The van der Waals surface area contributed by atoms with Gasteiger partial charge in [0.05, 0.1) is 20.1 Å². The standard InChI is InChI=1S/C21H28N6O5S2/c1-3-32-25-14(13-11-34-21(22)23-13)17(28)24-15-18(29)26-16(20(30)31)12(10-33-19(15)26)9-27(2)7-5-4-6-8-27/h11,15,19H,3-10H2,1-2H3,(H3-,22,23,24,28,30,31)/p+1/b25-14-/t15?,19-/m0/s1. The van der Waals surface area contributed by atoms with Crippen LogP contribution in [0.4, 0.5) is 5.13 Å². The van der Waals surface area contributed by atoms with Gasteiger partial charge >= 0.3 is 5.97 Å². The number of piperidine rings is 1. The van der Waals surface area contributed by atoms with E-state index >= 15 is 0 Å². The zero-order valence-corrected chi connectivity index (χ0v) is 20.8. The zero-order valence-electron chi connectivity index (χ0n) is 19.2. The number of thiazole rings is 1. The normalized spacial score (nSPS) is 24.4. The Kier molecular flexibility index (Phi) is 7.14. The van der Waals surface area contributed by atoms with E-state index in [2.05, 4.69) is 22.5 Å². The quantitative estimate of drug-likeness (QED) is 0.202. The number of nitrogen functional groups attached to an aromatic ring is 1. The first-order valence-corrected chi connectivity index (χ1v) is 13.1. The highest BCUT2D eigenvalue weighted by molar-refractivity contribution is 8.00. The Bertz CT molecular complexity index is 1050. The highest BCUT2D eigenvalue weighted by atomic mass is 32.2. The predicted molar refractivity (Wildman–Crippen MR) is 129 cm³/mol. The van der Waals surface area contributed by atoms with Crippen LogP contribution in [0, 0.1) is 0 Å². The van der Waals surface area contributed by atoms with Crippen LogP contribution in [0.1, 0.15) is 31.9 Å². The molecule has 4 N–H and O–H groups in total. The zero-order chi connectivity index (χ0) is 24.5. The highest BCUT2D eigenvalue weighted by Crippen LogP contribution is 2.41. The molecule has 0 bridgehead atoms. The second kappa shape index (κ2) is 9.92. The van der Waals surface area contributed by atoms with Gasteiger partial charge < -0.3 is 25.5 Å². The van der Waals surface area contributed by atoms with Crippen molar-refractivity contribution in [2.24, 2.45) is 5.16 Å². The van der Waals surface area contributed by atoms with E-state index in [-0.39, 0.29) is 28.8 Å². The number of thioether (sulfide) groups is 1. The fraction of sp³-hybridized carbons (Fsp3) is 0.571. The Morgan fingerprint density at radius 3 is 2.74 bits per heavy atom. The number of nitrogens with one attached hydrogen (secondary N) is 1. The Balaban J connectivity index is 1.51. The number of carbonyl (C=O) groups is 3. The lowest BCUT2D eigenvalue weighted by Crippen LogP contribution is -2.71. The third kappa shape index (κ3) is 4.77. The summed E-state index contributed by atoms with van der Waals surface area (Å²) in [5.41, 5.74) is 6.67. The first-order valence-electron chi connectivity index (χ1n) is 11.2. The van der Waals surface area contributed by atoms with Gasteiger partial charge in [-0.2, -0.15) is 0 Å². The van der Waals surface area contributed by atoms with Gasteiger partial charge in [0, 0.05) is 16.7 Å². The molecule has 1 unspecified atom stereocenters. The summed E-state index contributed by atoms with van der Waals surface area (Å²) in [5.74, 6) is -1.69. The number of hydrogen-bond acceptors (Lipinski definition) is 9. The molecule has 0 radical (unpaired) electrons. The summed E-state index contributed by atoms with van der Waals surface area (Å²) in [6, 6.07) is -0.865. The minimum atomic E-state index is -1.11. The van der Waals surface area contributed by atoms with E-state index in [4.69, 9.17) is 10.6 Å². The molecule has 1 aromatic rings. The number of carbonyl (C=O) groups excluding carboxylic acids is 2. The van der Waals surface area contributed by atoms with Crippen molar-refractivity contribution in [1.29, 1.82) is 0 Å². The lowest BCUT2D eigenvalue weighted by atomic mass is 10.0. The number of nitrogens with zero attached hydrogens (tertiary/aromatic N) is 4. The summed E-state index contributed by atoms with van der Waals surface area (Å²) in [6.07, 6.45) is 3.44. The van der Waals surface area contributed by atoms with Crippen molar-refractivity contribution in [3.8, 4) is 0 Å². The average molecular weight is 510 g/mol. The topological polar surface area (TPSA) is 147 Å². The molecular weight excluding hydrogens is 480 g/mol. The summed E-state index contributed by atoms with van der Waals surface area (Å²) in [6.45, 7) is 4.58. The van der Waals surface area contributed by atoms with Crippen LogP contribution < -0.4 is 11.1 Å². The SMILES string of the molecule is CCO/N=C(\C(=O)NC1C(=O)N2C(C(=O)O)=C(C[N+]3(C)CCCCC3)CS[C@@H]12)c1csc(N)n1. The number of anilines is 1. The number of rotatable bonds is 8. The lowest BCUT2D eigenvalue weighted by molar-refractivity contribution is -0.909. The van der Waals surface area contributed by atoms with Crippen molar-refractivity contribution >= 4 is 51.7 Å². The largest absolute Gasteiger partial charge is 0.477 e. The van der Waals surface area contributed by atoms with Crippen LogP contribution in [0.3, 0.4) is 0 Å². The maximum absolute atomic E-state index is 13.0. The van der Waals surface area contributed by atoms with Crippen LogP contribution in [-0.4, -0.2) is 93.4 Å². The van der Waals surface area contributed by atoms with Gasteiger partial charge in [-0.1, -0.05) is 5.16 Å². The number of oxime groups is 1. The second-order valence-electron chi connectivity index (χ2n) is 8.83. The fourth-order valence-electron chi connectivity index (χ4n) is 4.64. The smallest absolute Gasteiger partial charge is 0.352 e. The molecule has 0 spiro atoms. The first kappa shape index (κ1) is 24.5. The van der Waals surface area contributed by atoms with Crippen LogP contribution >= 0.6 is 23.1 Å². The van der Waals surface area contributed by atoms with E-state index in [0.29, 0.717) is 12.3 Å². The third-order valence-corrected chi connectivity index (χ3v) is 8.28. The number of quaternary nitrogens is 1. The Labute approximate surface area is 205 Å². The Morgan fingerprint density at radius 2 is 2.12 bits per heavy atom. The number of β-lactam (4-membered cyclic amide) rings is 1. The number of aliphatic carboxylic acids is 1. The number of carboxylic acids is 1. The number of amides is 2. The number of nitrogens with two attached hydrogens (primary N) is 1. The Hall–Kier alpha value is -2.64. The highest BCUT2D eigenvalue weighted by Gasteiger charge is 2.55. The van der Waals surface area contributed by atoms with Crippen LogP contribution in [0.15, 0.2) is 21.8 Å². The fourth-order valence-corrected chi connectivity index (χ4v) is 6.52. The number of likely N-dealkylation sites (tertiary alicyclic amines) is 1. The second-order valence-corrected chi connectivity index (χ2v) is 10.8. The van der Waals surface area contributed by atoms with E-state index in [9.17, 15) is 19.5 Å². The summed E-state index contributed by atoms with van der Waals surface area (Å²) in [4.78, 5) is 48.6. The van der Waals surface area contributed by atoms with E-state index in [1.165, 1.54) is 23.1 Å². The molecule has 4 heterocycles. The van der Waals surface area contributed by atoms with Crippen molar-refractivity contribution in [1.82, 2.24) is 15.2 Å². The molecule has 184 valence electrons. The monoisotopic (exact) mass is 509 g/mol. The van der Waals surface area contributed by atoms with Gasteiger partial charge in [0.2, 0.25) is 0 Å². The van der Waals surface area contributed by atoms with Crippen LogP contribution in [0.25, 0.3) is 0 Å². The molecule has 34 heavy (non-hydrogen) atoms. The summed E-state index contributed by atoms with van der Waals surface area (Å²) in [7, 11) is 2.15. The molecule has 2 amide bonds. The Morgan fingerprint density at radius 1 is 1.38 bits per heavy atom. The molecule has 2 saturated heterocycles. The summed E-state index contributed by atoms with van der Waals surface area (Å²) < 4.78 is 0.785. The maximum Gasteiger partial charge on any atom is 0.352 e. The lowest BCUT2D eigenvalue weighted by Gasteiger charge is -2.50. The van der Waals surface area contributed by atoms with Crippen molar-refractivity contribution in [2.75, 3.05) is 44.8 Å². The third-order valence-electron chi connectivity index (χ3n) is 6.27. The molecular formula is C21H29N6O5S2+.